The van der Waals surface area contributed by atoms with Gasteiger partial charge in [-0.15, -0.1) is 0 Å². The summed E-state index contributed by atoms with van der Waals surface area (Å²) in [6.45, 7) is 12.2. The Morgan fingerprint density at radius 2 is 1.71 bits per heavy atom. The maximum absolute atomic E-state index is 13.2. The van der Waals surface area contributed by atoms with Crippen molar-refractivity contribution in [1.82, 2.24) is 9.47 Å². The van der Waals surface area contributed by atoms with Gasteiger partial charge in [0.25, 0.3) is 0 Å². The number of likely N-dealkylation sites (tertiary alicyclic amines) is 1. The second-order valence-corrected chi connectivity index (χ2v) is 7.17. The SMILES string of the molecule is C=Cc1c(C(=O)CN2CCCCC2)c(C)n(-c2ccc(C(N)=O)cc2)c1C=C. The molecule has 2 N–H and O–H groups in total. The number of aromatic nitrogens is 1. The van der Waals surface area contributed by atoms with Crippen molar-refractivity contribution in [3.63, 3.8) is 0 Å². The number of benzene rings is 1. The average molecular weight is 377 g/mol. The minimum absolute atomic E-state index is 0.102. The van der Waals surface area contributed by atoms with Gasteiger partial charge in [-0.2, -0.15) is 0 Å². The zero-order valence-electron chi connectivity index (χ0n) is 16.4. The number of ketones is 1. The second-order valence-electron chi connectivity index (χ2n) is 7.17. The number of primary amides is 1. The lowest BCUT2D eigenvalue weighted by molar-refractivity contribution is 0.0914. The van der Waals surface area contributed by atoms with Gasteiger partial charge in [0.05, 0.1) is 12.2 Å². The number of carbonyl (C=O) groups is 2. The first-order valence-electron chi connectivity index (χ1n) is 9.64. The van der Waals surface area contributed by atoms with Gasteiger partial charge in [0, 0.05) is 28.1 Å². The van der Waals surface area contributed by atoms with Crippen molar-refractivity contribution in [1.29, 1.82) is 0 Å². The summed E-state index contributed by atoms with van der Waals surface area (Å²) in [7, 11) is 0. The molecule has 1 aromatic carbocycles. The highest BCUT2D eigenvalue weighted by Gasteiger charge is 2.25. The highest BCUT2D eigenvalue weighted by Crippen LogP contribution is 2.29. The number of hydrogen-bond acceptors (Lipinski definition) is 3. The number of rotatable bonds is 7. The van der Waals surface area contributed by atoms with E-state index in [4.69, 9.17) is 5.73 Å². The zero-order chi connectivity index (χ0) is 20.3. The maximum Gasteiger partial charge on any atom is 0.248 e. The van der Waals surface area contributed by atoms with Gasteiger partial charge in [0.1, 0.15) is 0 Å². The van der Waals surface area contributed by atoms with Crippen LogP contribution in [-0.4, -0.2) is 40.8 Å². The summed E-state index contributed by atoms with van der Waals surface area (Å²) in [4.78, 5) is 26.8. The Balaban J connectivity index is 2.04. The van der Waals surface area contributed by atoms with Crippen molar-refractivity contribution in [2.45, 2.75) is 26.2 Å². The number of piperidine rings is 1. The monoisotopic (exact) mass is 377 g/mol. The first kappa shape index (κ1) is 19.8. The Hall–Kier alpha value is -2.92. The second kappa shape index (κ2) is 8.40. The Morgan fingerprint density at radius 3 is 2.25 bits per heavy atom. The molecule has 0 bridgehead atoms. The van der Waals surface area contributed by atoms with Gasteiger partial charge in [0.2, 0.25) is 5.91 Å². The standard InChI is InChI=1S/C23H27N3O2/c1-4-19-20(5-2)26(18-11-9-17(10-12-18)23(24)28)16(3)22(19)21(27)15-25-13-7-6-8-14-25/h4-5,9-12H,1-2,6-8,13-15H2,3H3,(H2,24,28). The maximum atomic E-state index is 13.2. The molecule has 1 amide bonds. The summed E-state index contributed by atoms with van der Waals surface area (Å²) < 4.78 is 1.98. The number of hydrogen-bond donors (Lipinski definition) is 1. The van der Waals surface area contributed by atoms with Gasteiger partial charge in [-0.1, -0.05) is 25.7 Å². The lowest BCUT2D eigenvalue weighted by atomic mass is 10.0. The highest BCUT2D eigenvalue weighted by atomic mass is 16.1. The van der Waals surface area contributed by atoms with Crippen LogP contribution in [0.3, 0.4) is 0 Å². The van der Waals surface area contributed by atoms with Crippen LogP contribution in [0.25, 0.3) is 17.8 Å². The Morgan fingerprint density at radius 1 is 1.07 bits per heavy atom. The van der Waals surface area contributed by atoms with E-state index in [1.807, 2.05) is 23.6 Å². The Labute approximate surface area is 166 Å². The van der Waals surface area contributed by atoms with Crippen molar-refractivity contribution < 1.29 is 9.59 Å². The highest BCUT2D eigenvalue weighted by molar-refractivity contribution is 6.03. The molecule has 28 heavy (non-hydrogen) atoms. The van der Waals surface area contributed by atoms with Crippen LogP contribution in [0.1, 0.15) is 56.9 Å². The van der Waals surface area contributed by atoms with Crippen molar-refractivity contribution >= 4 is 23.8 Å². The van der Waals surface area contributed by atoms with Crippen LogP contribution < -0.4 is 5.73 Å². The van der Waals surface area contributed by atoms with E-state index in [1.54, 1.807) is 24.3 Å². The molecule has 5 heteroatoms. The molecule has 0 radical (unpaired) electrons. The molecular weight excluding hydrogens is 350 g/mol. The lowest BCUT2D eigenvalue weighted by Crippen LogP contribution is -2.34. The van der Waals surface area contributed by atoms with E-state index in [2.05, 4.69) is 18.1 Å². The van der Waals surface area contributed by atoms with Crippen LogP contribution >= 0.6 is 0 Å². The predicted molar refractivity (Wildman–Crippen MR) is 114 cm³/mol. The van der Waals surface area contributed by atoms with E-state index in [1.165, 1.54) is 6.42 Å². The van der Waals surface area contributed by atoms with Crippen LogP contribution in [-0.2, 0) is 0 Å². The van der Waals surface area contributed by atoms with Crippen LogP contribution in [0.15, 0.2) is 37.4 Å². The van der Waals surface area contributed by atoms with Gasteiger partial charge in [-0.25, -0.2) is 0 Å². The molecule has 1 aromatic heterocycles. The molecule has 0 unspecified atom stereocenters. The summed E-state index contributed by atoms with van der Waals surface area (Å²) in [6, 6.07) is 7.03. The predicted octanol–water partition coefficient (Wildman–Crippen LogP) is 3.84. The first-order chi connectivity index (χ1) is 13.5. The molecule has 2 aromatic rings. The molecular formula is C23H27N3O2. The van der Waals surface area contributed by atoms with Gasteiger partial charge >= 0.3 is 0 Å². The van der Waals surface area contributed by atoms with E-state index in [9.17, 15) is 9.59 Å². The summed E-state index contributed by atoms with van der Waals surface area (Å²) in [5.74, 6) is -0.367. The summed E-state index contributed by atoms with van der Waals surface area (Å²) in [5.41, 5.74) is 9.79. The first-order valence-corrected chi connectivity index (χ1v) is 9.64. The number of nitrogens with two attached hydrogens (primary N) is 1. The van der Waals surface area contributed by atoms with Crippen molar-refractivity contribution in [2.75, 3.05) is 19.6 Å². The summed E-state index contributed by atoms with van der Waals surface area (Å²) >= 11 is 0. The quantitative estimate of drug-likeness (QED) is 0.746. The summed E-state index contributed by atoms with van der Waals surface area (Å²) in [6.07, 6.45) is 6.99. The van der Waals surface area contributed by atoms with Gasteiger partial charge in [0.15, 0.2) is 5.78 Å². The van der Waals surface area contributed by atoms with E-state index in [0.717, 1.165) is 48.6 Å². The third kappa shape index (κ3) is 3.71. The molecule has 0 saturated carbocycles. The van der Waals surface area contributed by atoms with Crippen LogP contribution in [0.4, 0.5) is 0 Å². The molecule has 1 saturated heterocycles. The van der Waals surface area contributed by atoms with Crippen LogP contribution in [0.5, 0.6) is 0 Å². The topological polar surface area (TPSA) is 68.3 Å². The summed E-state index contributed by atoms with van der Waals surface area (Å²) in [5, 5.41) is 0. The van der Waals surface area contributed by atoms with Crippen LogP contribution in [0, 0.1) is 6.92 Å². The van der Waals surface area contributed by atoms with Gasteiger partial charge in [-0.05, 0) is 63.2 Å². The smallest absolute Gasteiger partial charge is 0.248 e. The molecule has 1 aliphatic rings. The molecule has 146 valence electrons. The molecule has 0 spiro atoms. The number of Topliss-reactive ketones (excluding diaryl/α,β-unsaturated/α-hetero) is 1. The molecule has 0 aliphatic carbocycles. The van der Waals surface area contributed by atoms with E-state index >= 15 is 0 Å². The molecule has 0 atom stereocenters. The fourth-order valence-corrected chi connectivity index (χ4v) is 4.00. The van der Waals surface area contributed by atoms with Crippen molar-refractivity contribution in [3.05, 3.63) is 65.5 Å². The van der Waals surface area contributed by atoms with Gasteiger partial charge < -0.3 is 10.3 Å². The fraction of sp³-hybridized carbons (Fsp3) is 0.304. The molecule has 3 rings (SSSR count). The number of carbonyl (C=O) groups excluding carboxylic acids is 2. The van der Waals surface area contributed by atoms with Gasteiger partial charge in [-0.3, -0.25) is 14.5 Å². The van der Waals surface area contributed by atoms with Crippen LogP contribution in [0.2, 0.25) is 0 Å². The normalized spacial score (nSPS) is 14.6. The van der Waals surface area contributed by atoms with E-state index in [-0.39, 0.29) is 5.78 Å². The third-order valence-electron chi connectivity index (χ3n) is 5.39. The Kier molecular flexibility index (Phi) is 5.95. The number of amides is 1. The minimum atomic E-state index is -0.469. The van der Waals surface area contributed by atoms with Crippen molar-refractivity contribution in [2.24, 2.45) is 5.73 Å². The van der Waals surface area contributed by atoms with E-state index in [0.29, 0.717) is 17.7 Å². The molecule has 1 aliphatic heterocycles. The number of nitrogens with zero attached hydrogens (tertiary/aromatic N) is 2. The van der Waals surface area contributed by atoms with Crippen molar-refractivity contribution in [3.8, 4) is 5.69 Å². The fourth-order valence-electron chi connectivity index (χ4n) is 4.00. The largest absolute Gasteiger partial charge is 0.366 e. The Bertz CT molecular complexity index is 916. The average Bonchev–Trinajstić information content (AvgIpc) is 3.00. The zero-order valence-corrected chi connectivity index (χ0v) is 16.4. The minimum Gasteiger partial charge on any atom is -0.366 e. The molecule has 1 fully saturated rings. The lowest BCUT2D eigenvalue weighted by Gasteiger charge is -2.25. The molecule has 2 heterocycles. The third-order valence-corrected chi connectivity index (χ3v) is 5.39. The van der Waals surface area contributed by atoms with E-state index < -0.39 is 5.91 Å². The molecule has 5 nitrogen and oxygen atoms in total.